The van der Waals surface area contributed by atoms with Crippen molar-refractivity contribution in [1.29, 1.82) is 0 Å². The van der Waals surface area contributed by atoms with Crippen molar-refractivity contribution in [1.82, 2.24) is 9.55 Å². The van der Waals surface area contributed by atoms with Crippen LogP contribution in [0.1, 0.15) is 40.2 Å². The number of benzene rings is 2. The number of imidazole rings is 1. The van der Waals surface area contributed by atoms with Crippen molar-refractivity contribution >= 4 is 17.0 Å². The van der Waals surface area contributed by atoms with Gasteiger partial charge in [-0.1, -0.05) is 57.2 Å². The van der Waals surface area contributed by atoms with Gasteiger partial charge >= 0.3 is 5.97 Å². The smallest absolute Gasteiger partial charge is 0.326 e. The van der Waals surface area contributed by atoms with Crippen LogP contribution in [-0.4, -0.2) is 21.6 Å². The van der Waals surface area contributed by atoms with Crippen molar-refractivity contribution < 1.29 is 9.53 Å². The van der Waals surface area contributed by atoms with E-state index in [0.29, 0.717) is 0 Å². The summed E-state index contributed by atoms with van der Waals surface area (Å²) in [6, 6.07) is 16.3. The van der Waals surface area contributed by atoms with Gasteiger partial charge in [-0.15, -0.1) is 0 Å². The van der Waals surface area contributed by atoms with E-state index >= 15 is 0 Å². The number of fused-ring (bicyclic) bond motifs is 1. The highest BCUT2D eigenvalue weighted by Gasteiger charge is 2.18. The number of carbonyl (C=O) groups is 1. The van der Waals surface area contributed by atoms with Gasteiger partial charge in [-0.2, -0.15) is 0 Å². The molecule has 0 unspecified atom stereocenters. The van der Waals surface area contributed by atoms with E-state index in [1.165, 1.54) is 5.56 Å². The number of para-hydroxylation sites is 2. The number of esters is 1. The lowest BCUT2D eigenvalue weighted by Gasteiger charge is -2.19. The van der Waals surface area contributed by atoms with Gasteiger partial charge in [-0.3, -0.25) is 4.79 Å². The number of rotatable bonds is 4. The van der Waals surface area contributed by atoms with E-state index in [1.807, 2.05) is 42.7 Å². The summed E-state index contributed by atoms with van der Waals surface area (Å²) in [6.45, 7) is 10.4. The van der Waals surface area contributed by atoms with Crippen LogP contribution in [0.2, 0.25) is 0 Å². The highest BCUT2D eigenvalue weighted by Crippen LogP contribution is 2.28. The maximum Gasteiger partial charge on any atom is 0.326 e. The van der Waals surface area contributed by atoms with Crippen LogP contribution in [0.4, 0.5) is 0 Å². The molecule has 0 N–H and O–H groups in total. The molecule has 2 aromatic carbocycles. The van der Waals surface area contributed by atoms with Gasteiger partial charge in [0.15, 0.2) is 0 Å². The summed E-state index contributed by atoms with van der Waals surface area (Å²) < 4.78 is 7.28. The molecule has 136 valence electrons. The third-order valence-electron chi connectivity index (χ3n) is 4.32. The zero-order valence-corrected chi connectivity index (χ0v) is 16.1. The summed E-state index contributed by atoms with van der Waals surface area (Å²) in [4.78, 5) is 17.0. The number of hydrogen-bond acceptors (Lipinski definition) is 3. The lowest BCUT2D eigenvalue weighted by atomic mass is 9.87. The van der Waals surface area contributed by atoms with Crippen LogP contribution in [0.15, 0.2) is 48.5 Å². The van der Waals surface area contributed by atoms with Crippen LogP contribution in [-0.2, 0) is 21.5 Å². The average Bonchev–Trinajstić information content (AvgIpc) is 2.92. The van der Waals surface area contributed by atoms with E-state index in [-0.39, 0.29) is 24.0 Å². The molecule has 0 radical (unpaired) electrons. The zero-order chi connectivity index (χ0) is 18.9. The van der Waals surface area contributed by atoms with Crippen LogP contribution in [0, 0.1) is 0 Å². The van der Waals surface area contributed by atoms with Crippen molar-refractivity contribution in [3.63, 3.8) is 0 Å². The molecule has 4 nitrogen and oxygen atoms in total. The Kier molecular flexibility index (Phi) is 4.86. The summed E-state index contributed by atoms with van der Waals surface area (Å²) in [5.41, 5.74) is 4.16. The van der Waals surface area contributed by atoms with Gasteiger partial charge in [0.2, 0.25) is 0 Å². The van der Waals surface area contributed by atoms with E-state index in [2.05, 4.69) is 45.0 Å². The molecular weight excluding hydrogens is 324 g/mol. The summed E-state index contributed by atoms with van der Waals surface area (Å²) in [6.07, 6.45) is -0.133. The molecular formula is C22H26N2O2. The van der Waals surface area contributed by atoms with Gasteiger partial charge in [0.1, 0.15) is 12.4 Å². The molecule has 1 heterocycles. The van der Waals surface area contributed by atoms with Crippen molar-refractivity contribution in [3.05, 3.63) is 54.1 Å². The maximum absolute atomic E-state index is 12.3. The Labute approximate surface area is 154 Å². The number of aromatic nitrogens is 2. The predicted octanol–water partition coefficient (Wildman–Crippen LogP) is 4.95. The molecule has 0 aliphatic carbocycles. The van der Waals surface area contributed by atoms with E-state index in [0.717, 1.165) is 22.4 Å². The average molecular weight is 350 g/mol. The third-order valence-corrected chi connectivity index (χ3v) is 4.32. The monoisotopic (exact) mass is 350 g/mol. The van der Waals surface area contributed by atoms with E-state index < -0.39 is 0 Å². The highest BCUT2D eigenvalue weighted by atomic mass is 16.5. The van der Waals surface area contributed by atoms with Crippen LogP contribution < -0.4 is 0 Å². The molecule has 3 rings (SSSR count). The number of hydrogen-bond donors (Lipinski definition) is 0. The van der Waals surface area contributed by atoms with Gasteiger partial charge in [-0.05, 0) is 37.0 Å². The maximum atomic E-state index is 12.3. The minimum atomic E-state index is -0.254. The van der Waals surface area contributed by atoms with E-state index in [1.54, 1.807) is 0 Å². The van der Waals surface area contributed by atoms with Gasteiger partial charge in [-0.25, -0.2) is 4.98 Å². The fourth-order valence-electron chi connectivity index (χ4n) is 3.00. The topological polar surface area (TPSA) is 44.1 Å². The van der Waals surface area contributed by atoms with Crippen molar-refractivity contribution in [2.45, 2.75) is 52.7 Å². The molecule has 4 heteroatoms. The molecule has 0 aliphatic rings. The van der Waals surface area contributed by atoms with Gasteiger partial charge in [0.05, 0.1) is 17.1 Å². The quantitative estimate of drug-likeness (QED) is 0.625. The first-order chi connectivity index (χ1) is 12.3. The number of nitrogens with zero attached hydrogens (tertiary/aromatic N) is 2. The summed E-state index contributed by atoms with van der Waals surface area (Å²) >= 11 is 0. The molecule has 0 fully saturated rings. The molecule has 0 spiro atoms. The second-order valence-corrected chi connectivity index (χ2v) is 7.88. The Bertz CT molecular complexity index is 915. The molecule has 0 saturated carbocycles. The zero-order valence-electron chi connectivity index (χ0n) is 16.1. The molecule has 0 bridgehead atoms. The molecule has 26 heavy (non-hydrogen) atoms. The van der Waals surface area contributed by atoms with Crippen LogP contribution >= 0.6 is 0 Å². The van der Waals surface area contributed by atoms with Crippen molar-refractivity contribution in [3.8, 4) is 11.4 Å². The van der Waals surface area contributed by atoms with Gasteiger partial charge in [0.25, 0.3) is 0 Å². The first-order valence-corrected chi connectivity index (χ1v) is 9.01. The van der Waals surface area contributed by atoms with Crippen molar-refractivity contribution in [2.75, 3.05) is 0 Å². The normalized spacial score (nSPS) is 11.9. The molecule has 0 aliphatic heterocycles. The van der Waals surface area contributed by atoms with Crippen LogP contribution in [0.25, 0.3) is 22.4 Å². The molecule has 0 amide bonds. The second kappa shape index (κ2) is 6.94. The Balaban J connectivity index is 2.05. The highest BCUT2D eigenvalue weighted by molar-refractivity contribution is 5.83. The summed E-state index contributed by atoms with van der Waals surface area (Å²) in [7, 11) is 0. The third kappa shape index (κ3) is 3.79. The standard InChI is InChI=1S/C22H26N2O2/c1-15(2)26-20(25)14-24-19-9-7-6-8-18(19)23-21(24)16-10-12-17(13-11-16)22(3,4)5/h6-13,15H,14H2,1-5H3. The van der Waals surface area contributed by atoms with Gasteiger partial charge < -0.3 is 9.30 Å². The molecule has 0 saturated heterocycles. The predicted molar refractivity (Wildman–Crippen MR) is 105 cm³/mol. The Morgan fingerprint density at radius 2 is 1.73 bits per heavy atom. The lowest BCUT2D eigenvalue weighted by molar-refractivity contribution is -0.147. The minimum absolute atomic E-state index is 0.0970. The summed E-state index contributed by atoms with van der Waals surface area (Å²) in [5, 5.41) is 0. The molecule has 1 aromatic heterocycles. The number of carbonyl (C=O) groups excluding carboxylic acids is 1. The Morgan fingerprint density at radius 3 is 2.35 bits per heavy atom. The minimum Gasteiger partial charge on any atom is -0.462 e. The van der Waals surface area contributed by atoms with Crippen LogP contribution in [0.5, 0.6) is 0 Å². The molecule has 3 aromatic rings. The fourth-order valence-corrected chi connectivity index (χ4v) is 3.00. The SMILES string of the molecule is CC(C)OC(=O)Cn1c(-c2ccc(C(C)(C)C)cc2)nc2ccccc21. The van der Waals surface area contributed by atoms with E-state index in [4.69, 9.17) is 9.72 Å². The Morgan fingerprint density at radius 1 is 1.08 bits per heavy atom. The fraction of sp³-hybridized carbons (Fsp3) is 0.364. The lowest BCUT2D eigenvalue weighted by Crippen LogP contribution is -2.18. The molecule has 0 atom stereocenters. The van der Waals surface area contributed by atoms with Gasteiger partial charge in [0, 0.05) is 5.56 Å². The summed E-state index contributed by atoms with van der Waals surface area (Å²) in [5.74, 6) is 0.531. The van der Waals surface area contributed by atoms with Crippen LogP contribution in [0.3, 0.4) is 0 Å². The van der Waals surface area contributed by atoms with Crippen molar-refractivity contribution in [2.24, 2.45) is 0 Å². The Hall–Kier alpha value is -2.62. The van der Waals surface area contributed by atoms with E-state index in [9.17, 15) is 4.79 Å². The second-order valence-electron chi connectivity index (χ2n) is 7.88. The number of ether oxygens (including phenoxy) is 1. The largest absolute Gasteiger partial charge is 0.462 e. The first kappa shape index (κ1) is 18.2. The first-order valence-electron chi connectivity index (χ1n) is 9.01.